The highest BCUT2D eigenvalue weighted by Crippen LogP contribution is 2.28. The van der Waals surface area contributed by atoms with Gasteiger partial charge in [-0.3, -0.25) is 0 Å². The molecule has 1 saturated carbocycles. The largest absolute Gasteiger partial charge is 0.381 e. The van der Waals surface area contributed by atoms with Gasteiger partial charge in [-0.1, -0.05) is 0 Å². The van der Waals surface area contributed by atoms with E-state index in [4.69, 9.17) is 10.00 Å². The van der Waals surface area contributed by atoms with E-state index in [1.807, 2.05) is 0 Å². The molecule has 0 bridgehead atoms. The van der Waals surface area contributed by atoms with E-state index in [0.29, 0.717) is 5.92 Å². The first-order chi connectivity index (χ1) is 6.90. The van der Waals surface area contributed by atoms with E-state index < -0.39 is 0 Å². The number of rotatable bonds is 4. The molecule has 1 saturated heterocycles. The van der Waals surface area contributed by atoms with Gasteiger partial charge in [-0.15, -0.1) is 0 Å². The van der Waals surface area contributed by atoms with Crippen molar-refractivity contribution in [3.63, 3.8) is 0 Å². The number of hydrogen-bond donors (Lipinski definition) is 1. The third-order valence-corrected chi connectivity index (χ3v) is 3.20. The van der Waals surface area contributed by atoms with Crippen LogP contribution < -0.4 is 5.32 Å². The summed E-state index contributed by atoms with van der Waals surface area (Å²) in [6.07, 6.45) is 4.77. The molecule has 3 heteroatoms. The Morgan fingerprint density at radius 2 is 2.00 bits per heavy atom. The van der Waals surface area contributed by atoms with Crippen LogP contribution in [0.25, 0.3) is 0 Å². The lowest BCUT2D eigenvalue weighted by atomic mass is 9.92. The van der Waals surface area contributed by atoms with Crippen LogP contribution in [0.5, 0.6) is 0 Å². The molecule has 0 radical (unpaired) electrons. The molecule has 0 spiro atoms. The van der Waals surface area contributed by atoms with Crippen molar-refractivity contribution in [2.45, 2.75) is 31.7 Å². The van der Waals surface area contributed by atoms with Crippen molar-refractivity contribution in [2.75, 3.05) is 19.8 Å². The molecule has 1 atom stereocenters. The van der Waals surface area contributed by atoms with Gasteiger partial charge in [-0.2, -0.15) is 5.26 Å². The first kappa shape index (κ1) is 9.95. The average Bonchev–Trinajstić information content (AvgIpc) is 3.04. The van der Waals surface area contributed by atoms with Gasteiger partial charge in [-0.25, -0.2) is 0 Å². The second-order valence-electron chi connectivity index (χ2n) is 4.41. The Kier molecular flexibility index (Phi) is 3.39. The van der Waals surface area contributed by atoms with E-state index in [1.165, 1.54) is 12.8 Å². The second kappa shape index (κ2) is 4.77. The van der Waals surface area contributed by atoms with Crippen LogP contribution in [0.2, 0.25) is 0 Å². The Morgan fingerprint density at radius 3 is 2.57 bits per heavy atom. The Labute approximate surface area is 85.4 Å². The molecule has 1 heterocycles. The molecule has 14 heavy (non-hydrogen) atoms. The molecule has 3 nitrogen and oxygen atoms in total. The predicted molar refractivity (Wildman–Crippen MR) is 53.7 cm³/mol. The zero-order chi connectivity index (χ0) is 9.80. The fraction of sp³-hybridized carbons (Fsp3) is 0.909. The van der Waals surface area contributed by atoms with Crippen LogP contribution in [0.1, 0.15) is 25.7 Å². The summed E-state index contributed by atoms with van der Waals surface area (Å²) in [7, 11) is 0. The minimum atomic E-state index is 0.0551. The Hall–Kier alpha value is -0.590. The van der Waals surface area contributed by atoms with Crippen molar-refractivity contribution < 1.29 is 4.74 Å². The number of hydrogen-bond acceptors (Lipinski definition) is 3. The summed E-state index contributed by atoms with van der Waals surface area (Å²) in [5.41, 5.74) is 0. The number of nitriles is 1. The van der Waals surface area contributed by atoms with Gasteiger partial charge < -0.3 is 10.1 Å². The molecule has 1 aliphatic heterocycles. The lowest BCUT2D eigenvalue weighted by molar-refractivity contribution is 0.0598. The van der Waals surface area contributed by atoms with Crippen LogP contribution in [0.15, 0.2) is 0 Å². The lowest BCUT2D eigenvalue weighted by Gasteiger charge is -2.26. The molecule has 78 valence electrons. The molecule has 1 N–H and O–H groups in total. The molecule has 0 aromatic heterocycles. The monoisotopic (exact) mass is 194 g/mol. The van der Waals surface area contributed by atoms with Gasteiger partial charge in [0.15, 0.2) is 0 Å². The van der Waals surface area contributed by atoms with Crippen LogP contribution in [-0.2, 0) is 4.74 Å². The summed E-state index contributed by atoms with van der Waals surface area (Å²) in [6.45, 7) is 2.69. The SMILES string of the molecule is N#CC(NCC1CC1)C1CCOCC1. The van der Waals surface area contributed by atoms with Gasteiger partial charge in [0.2, 0.25) is 0 Å². The van der Waals surface area contributed by atoms with Gasteiger partial charge in [0, 0.05) is 13.2 Å². The average molecular weight is 194 g/mol. The number of nitrogens with zero attached hydrogens (tertiary/aromatic N) is 1. The van der Waals surface area contributed by atoms with Crippen LogP contribution >= 0.6 is 0 Å². The van der Waals surface area contributed by atoms with Crippen molar-refractivity contribution in [3.8, 4) is 6.07 Å². The van der Waals surface area contributed by atoms with E-state index in [9.17, 15) is 0 Å². The van der Waals surface area contributed by atoms with E-state index >= 15 is 0 Å². The maximum atomic E-state index is 9.06. The highest BCUT2D eigenvalue weighted by Gasteiger charge is 2.27. The van der Waals surface area contributed by atoms with Crippen LogP contribution in [0, 0.1) is 23.2 Å². The van der Waals surface area contributed by atoms with E-state index in [-0.39, 0.29) is 6.04 Å². The van der Waals surface area contributed by atoms with Gasteiger partial charge in [0.25, 0.3) is 0 Å². The second-order valence-corrected chi connectivity index (χ2v) is 4.41. The van der Waals surface area contributed by atoms with Gasteiger partial charge >= 0.3 is 0 Å². The fourth-order valence-electron chi connectivity index (χ4n) is 1.98. The van der Waals surface area contributed by atoms with Gasteiger partial charge in [-0.05, 0) is 44.1 Å². The Morgan fingerprint density at radius 1 is 1.29 bits per heavy atom. The van der Waals surface area contributed by atoms with Crippen molar-refractivity contribution in [3.05, 3.63) is 0 Å². The molecule has 0 aromatic carbocycles. The van der Waals surface area contributed by atoms with Gasteiger partial charge in [0.05, 0.1) is 12.1 Å². The van der Waals surface area contributed by atoms with Crippen molar-refractivity contribution >= 4 is 0 Å². The maximum Gasteiger partial charge on any atom is 0.0983 e. The van der Waals surface area contributed by atoms with Crippen LogP contribution in [0.4, 0.5) is 0 Å². The smallest absolute Gasteiger partial charge is 0.0983 e. The summed E-state index contributed by atoms with van der Waals surface area (Å²) in [4.78, 5) is 0. The molecule has 1 aliphatic carbocycles. The number of ether oxygens (including phenoxy) is 1. The third kappa shape index (κ3) is 2.70. The van der Waals surface area contributed by atoms with Gasteiger partial charge in [0.1, 0.15) is 0 Å². The fourth-order valence-corrected chi connectivity index (χ4v) is 1.98. The summed E-state index contributed by atoms with van der Waals surface area (Å²) in [5.74, 6) is 1.36. The van der Waals surface area contributed by atoms with Crippen molar-refractivity contribution in [2.24, 2.45) is 11.8 Å². The molecule has 1 unspecified atom stereocenters. The molecule has 0 amide bonds. The van der Waals surface area contributed by atoms with E-state index in [2.05, 4.69) is 11.4 Å². The predicted octanol–water partition coefficient (Wildman–Crippen LogP) is 1.30. The first-order valence-corrected chi connectivity index (χ1v) is 5.61. The quantitative estimate of drug-likeness (QED) is 0.733. The topological polar surface area (TPSA) is 45.0 Å². The van der Waals surface area contributed by atoms with Crippen molar-refractivity contribution in [1.82, 2.24) is 5.32 Å². The van der Waals surface area contributed by atoms with Crippen LogP contribution in [-0.4, -0.2) is 25.8 Å². The summed E-state index contributed by atoms with van der Waals surface area (Å²) in [5, 5.41) is 12.4. The molecule has 0 aromatic rings. The molecule has 2 fully saturated rings. The lowest BCUT2D eigenvalue weighted by Crippen LogP contribution is -2.38. The highest BCUT2D eigenvalue weighted by atomic mass is 16.5. The minimum absolute atomic E-state index is 0.0551. The molecule has 2 aliphatic rings. The molecule has 2 rings (SSSR count). The van der Waals surface area contributed by atoms with Crippen LogP contribution in [0.3, 0.4) is 0 Å². The standard InChI is InChI=1S/C11H18N2O/c12-7-11(13-8-9-1-2-9)10-3-5-14-6-4-10/h9-11,13H,1-6,8H2. The highest BCUT2D eigenvalue weighted by molar-refractivity contribution is 4.96. The number of nitrogens with one attached hydrogen (secondary N) is 1. The summed E-state index contributed by atoms with van der Waals surface area (Å²) >= 11 is 0. The first-order valence-electron chi connectivity index (χ1n) is 5.61. The summed E-state index contributed by atoms with van der Waals surface area (Å²) < 4.78 is 5.30. The molecular weight excluding hydrogens is 176 g/mol. The summed E-state index contributed by atoms with van der Waals surface area (Å²) in [6, 6.07) is 2.44. The van der Waals surface area contributed by atoms with E-state index in [0.717, 1.165) is 38.5 Å². The zero-order valence-electron chi connectivity index (χ0n) is 8.54. The molecular formula is C11H18N2O. The zero-order valence-corrected chi connectivity index (χ0v) is 8.54. The maximum absolute atomic E-state index is 9.06. The third-order valence-electron chi connectivity index (χ3n) is 3.20. The van der Waals surface area contributed by atoms with Crippen molar-refractivity contribution in [1.29, 1.82) is 5.26 Å². The normalized spacial score (nSPS) is 25.6. The van der Waals surface area contributed by atoms with E-state index in [1.54, 1.807) is 0 Å². The Balaban J connectivity index is 1.75. The Bertz CT molecular complexity index is 214. The minimum Gasteiger partial charge on any atom is -0.381 e.